The van der Waals surface area contributed by atoms with E-state index in [-0.39, 0.29) is 24.4 Å². The molecule has 1 aliphatic carbocycles. The van der Waals surface area contributed by atoms with Gasteiger partial charge in [-0.1, -0.05) is 51.2 Å². The number of carbonyl (C=O) groups excluding carboxylic acids is 1. The number of aliphatic hydroxyl groups is 1. The zero-order chi connectivity index (χ0) is 18.7. The normalized spacial score (nSPS) is 23.1. The number of Topliss-reactive ketones (excluding diaryl/α,β-unsaturated/α-hetero) is 1. The number of aliphatic hydroxyl groups excluding tert-OH is 1. The molecule has 0 aromatic rings. The minimum atomic E-state index is -0.730. The Morgan fingerprint density at radius 2 is 1.68 bits per heavy atom. The first-order chi connectivity index (χ1) is 12.0. The van der Waals surface area contributed by atoms with Crippen LogP contribution in [0.15, 0.2) is 12.2 Å². The Kier molecular flexibility index (Phi) is 10.7. The van der Waals surface area contributed by atoms with Gasteiger partial charge in [0, 0.05) is 19.3 Å². The highest BCUT2D eigenvalue weighted by Gasteiger charge is 2.36. The van der Waals surface area contributed by atoms with Crippen molar-refractivity contribution in [1.82, 2.24) is 0 Å². The molecule has 0 unspecified atom stereocenters. The van der Waals surface area contributed by atoms with Crippen LogP contribution in [0.4, 0.5) is 0 Å². The van der Waals surface area contributed by atoms with E-state index in [0.29, 0.717) is 25.0 Å². The molecule has 4 nitrogen and oxygen atoms in total. The van der Waals surface area contributed by atoms with Crippen LogP contribution in [-0.4, -0.2) is 28.1 Å². The van der Waals surface area contributed by atoms with Crippen molar-refractivity contribution in [2.24, 2.45) is 11.8 Å². The maximum absolute atomic E-state index is 12.0. The average molecular weight is 353 g/mol. The van der Waals surface area contributed by atoms with E-state index >= 15 is 0 Å². The first kappa shape index (κ1) is 21.9. The molecule has 0 heterocycles. The molecule has 0 bridgehead atoms. The Bertz CT molecular complexity index is 430. The molecule has 1 aliphatic rings. The molecule has 0 aliphatic heterocycles. The van der Waals surface area contributed by atoms with Gasteiger partial charge < -0.3 is 10.2 Å². The van der Waals surface area contributed by atoms with E-state index in [2.05, 4.69) is 13.5 Å². The largest absolute Gasteiger partial charge is 0.481 e. The lowest BCUT2D eigenvalue weighted by Gasteiger charge is -2.22. The molecule has 0 aromatic heterocycles. The predicted octanol–water partition coefficient (Wildman–Crippen LogP) is 4.89. The molecule has 0 saturated heterocycles. The van der Waals surface area contributed by atoms with Crippen molar-refractivity contribution in [1.29, 1.82) is 0 Å². The summed E-state index contributed by atoms with van der Waals surface area (Å²) < 4.78 is 0. The van der Waals surface area contributed by atoms with Crippen LogP contribution in [0.1, 0.15) is 90.4 Å². The van der Waals surface area contributed by atoms with Crippen molar-refractivity contribution in [3.63, 3.8) is 0 Å². The molecule has 0 spiro atoms. The lowest BCUT2D eigenvalue weighted by atomic mass is 9.84. The molecule has 3 atom stereocenters. The van der Waals surface area contributed by atoms with E-state index in [1.54, 1.807) is 0 Å². The van der Waals surface area contributed by atoms with Crippen molar-refractivity contribution >= 4 is 11.8 Å². The molecular weight excluding hydrogens is 316 g/mol. The summed E-state index contributed by atoms with van der Waals surface area (Å²) in [5.41, 5.74) is 1.10. The Hall–Kier alpha value is -1.16. The number of rotatable bonds is 14. The fourth-order valence-electron chi connectivity index (χ4n) is 3.98. The van der Waals surface area contributed by atoms with Crippen LogP contribution in [0.3, 0.4) is 0 Å². The Labute approximate surface area is 152 Å². The van der Waals surface area contributed by atoms with Crippen molar-refractivity contribution in [3.05, 3.63) is 12.2 Å². The maximum atomic E-state index is 12.0. The van der Waals surface area contributed by atoms with Crippen LogP contribution in [0.5, 0.6) is 0 Å². The Morgan fingerprint density at radius 3 is 2.36 bits per heavy atom. The number of hydrogen-bond acceptors (Lipinski definition) is 3. The summed E-state index contributed by atoms with van der Waals surface area (Å²) in [6.07, 6.45) is 10.5. The molecule has 1 saturated carbocycles. The van der Waals surface area contributed by atoms with Crippen LogP contribution in [-0.2, 0) is 9.59 Å². The fraction of sp³-hybridized carbons (Fsp3) is 0.810. The van der Waals surface area contributed by atoms with E-state index in [4.69, 9.17) is 5.11 Å². The predicted molar refractivity (Wildman–Crippen MR) is 100 cm³/mol. The lowest BCUT2D eigenvalue weighted by molar-refractivity contribution is -0.137. The average Bonchev–Trinajstić information content (AvgIpc) is 2.82. The topological polar surface area (TPSA) is 74.6 Å². The molecule has 0 aromatic carbocycles. The molecule has 1 rings (SSSR count). The Morgan fingerprint density at radius 1 is 1.00 bits per heavy atom. The number of ketones is 1. The summed E-state index contributed by atoms with van der Waals surface area (Å²) in [4.78, 5) is 22.5. The van der Waals surface area contributed by atoms with Gasteiger partial charge in [0.25, 0.3) is 0 Å². The molecule has 144 valence electrons. The Balaban J connectivity index is 2.31. The highest BCUT2D eigenvalue weighted by molar-refractivity contribution is 5.78. The molecule has 0 amide bonds. The highest BCUT2D eigenvalue weighted by atomic mass is 16.4. The lowest BCUT2D eigenvalue weighted by Crippen LogP contribution is -2.20. The molecule has 25 heavy (non-hydrogen) atoms. The van der Waals surface area contributed by atoms with Crippen LogP contribution >= 0.6 is 0 Å². The second-order valence-corrected chi connectivity index (χ2v) is 7.58. The number of carbonyl (C=O) groups is 2. The zero-order valence-corrected chi connectivity index (χ0v) is 15.8. The summed E-state index contributed by atoms with van der Waals surface area (Å²) >= 11 is 0. The van der Waals surface area contributed by atoms with Gasteiger partial charge in [0.2, 0.25) is 0 Å². The molecule has 0 radical (unpaired) electrons. The van der Waals surface area contributed by atoms with Crippen LogP contribution in [0.2, 0.25) is 0 Å². The number of hydrogen-bond donors (Lipinski definition) is 2. The summed E-state index contributed by atoms with van der Waals surface area (Å²) in [5.74, 6) is 0.0980. The van der Waals surface area contributed by atoms with Crippen molar-refractivity contribution in [3.8, 4) is 0 Å². The van der Waals surface area contributed by atoms with Crippen LogP contribution < -0.4 is 0 Å². The third kappa shape index (κ3) is 8.66. The van der Waals surface area contributed by atoms with E-state index in [1.165, 1.54) is 0 Å². The number of carboxylic acids is 1. The first-order valence-corrected chi connectivity index (χ1v) is 10.0. The van der Waals surface area contributed by atoms with E-state index in [9.17, 15) is 14.7 Å². The van der Waals surface area contributed by atoms with Gasteiger partial charge in [0.1, 0.15) is 5.78 Å². The summed E-state index contributed by atoms with van der Waals surface area (Å²) in [5, 5.41) is 19.0. The van der Waals surface area contributed by atoms with Gasteiger partial charge in [-0.3, -0.25) is 9.59 Å². The maximum Gasteiger partial charge on any atom is 0.303 e. The summed E-state index contributed by atoms with van der Waals surface area (Å²) in [6.45, 7) is 6.27. The summed E-state index contributed by atoms with van der Waals surface area (Å²) in [6, 6.07) is 0. The molecule has 1 fully saturated rings. The minimum absolute atomic E-state index is 0.218. The van der Waals surface area contributed by atoms with E-state index < -0.39 is 5.97 Å². The van der Waals surface area contributed by atoms with Gasteiger partial charge in [-0.05, 0) is 43.9 Å². The standard InChI is InChI=1S/C21H36O4/c1-3-4-7-10-17(22)13-14-18-16(2)15-20(23)19(18)11-8-5-6-9-12-21(24)25/h18-20,23H,2-15H2,1H3,(H,24,25)/t18-,19+,20+/m0/s1. The van der Waals surface area contributed by atoms with Gasteiger partial charge in [0.15, 0.2) is 0 Å². The third-order valence-electron chi connectivity index (χ3n) is 5.48. The second kappa shape index (κ2) is 12.2. The van der Waals surface area contributed by atoms with Crippen molar-refractivity contribution in [2.75, 3.05) is 0 Å². The van der Waals surface area contributed by atoms with Crippen molar-refractivity contribution in [2.45, 2.75) is 96.5 Å². The third-order valence-corrected chi connectivity index (χ3v) is 5.48. The van der Waals surface area contributed by atoms with Gasteiger partial charge in [-0.15, -0.1) is 0 Å². The van der Waals surface area contributed by atoms with Gasteiger partial charge in [-0.2, -0.15) is 0 Å². The summed E-state index contributed by atoms with van der Waals surface area (Å²) in [7, 11) is 0. The van der Waals surface area contributed by atoms with Gasteiger partial charge in [0.05, 0.1) is 6.10 Å². The molecule has 2 N–H and O–H groups in total. The fourth-order valence-corrected chi connectivity index (χ4v) is 3.98. The first-order valence-electron chi connectivity index (χ1n) is 10.0. The highest BCUT2D eigenvalue weighted by Crippen LogP contribution is 2.41. The number of aliphatic carboxylic acids is 1. The minimum Gasteiger partial charge on any atom is -0.481 e. The quantitative estimate of drug-likeness (QED) is 0.344. The smallest absolute Gasteiger partial charge is 0.303 e. The van der Waals surface area contributed by atoms with E-state index in [1.807, 2.05) is 0 Å². The van der Waals surface area contributed by atoms with Gasteiger partial charge in [-0.25, -0.2) is 0 Å². The number of unbranched alkanes of at least 4 members (excludes halogenated alkanes) is 5. The van der Waals surface area contributed by atoms with Crippen LogP contribution in [0, 0.1) is 11.8 Å². The van der Waals surface area contributed by atoms with E-state index in [0.717, 1.165) is 63.4 Å². The molecular formula is C21H36O4. The monoisotopic (exact) mass is 352 g/mol. The SMILES string of the molecule is C=C1C[C@@H](O)[C@H](CCCCCCC(=O)O)[C@H]1CCC(=O)CCCCC. The van der Waals surface area contributed by atoms with Crippen LogP contribution in [0.25, 0.3) is 0 Å². The second-order valence-electron chi connectivity index (χ2n) is 7.58. The zero-order valence-electron chi connectivity index (χ0n) is 15.8. The van der Waals surface area contributed by atoms with Crippen molar-refractivity contribution < 1.29 is 19.8 Å². The number of carboxylic acid groups (broad SMARTS) is 1. The van der Waals surface area contributed by atoms with Gasteiger partial charge >= 0.3 is 5.97 Å². The molecule has 4 heteroatoms.